The van der Waals surface area contributed by atoms with Crippen molar-refractivity contribution in [3.8, 4) is 0 Å². The Morgan fingerprint density at radius 1 is 1.14 bits per heavy atom. The van der Waals surface area contributed by atoms with E-state index in [0.717, 1.165) is 38.7 Å². The van der Waals surface area contributed by atoms with Gasteiger partial charge in [-0.3, -0.25) is 9.48 Å². The first kappa shape index (κ1) is 22.5. The number of imidazole rings is 1. The van der Waals surface area contributed by atoms with E-state index in [-0.39, 0.29) is 12.5 Å². The fourth-order valence-corrected chi connectivity index (χ4v) is 4.49. The molecular formula is C26H27N7O2. The van der Waals surface area contributed by atoms with E-state index in [1.807, 2.05) is 61.8 Å². The summed E-state index contributed by atoms with van der Waals surface area (Å²) in [7, 11) is 0. The van der Waals surface area contributed by atoms with Crippen LogP contribution in [0.25, 0.3) is 16.4 Å². The topological polar surface area (TPSA) is 123 Å². The molecule has 0 radical (unpaired) electrons. The monoisotopic (exact) mass is 469 g/mol. The van der Waals surface area contributed by atoms with Crippen LogP contribution in [0.4, 0.5) is 5.82 Å². The standard InChI is InChI=1S/C26H27N7O2/c1-15-4-5-24-31-22(13-32(24)11-15)23(14-34)33-12-18(9-30-33)26(35)29-10-21-16(2)8-20-19(17(21)3)6-7-28-25(20)27/h4-9,11-13,23,34H,10,14H2,1-3H3,(H2,27,28)(H,29,35). The van der Waals surface area contributed by atoms with Gasteiger partial charge in [0, 0.05) is 36.7 Å². The highest BCUT2D eigenvalue weighted by Crippen LogP contribution is 2.28. The summed E-state index contributed by atoms with van der Waals surface area (Å²) in [6.07, 6.45) is 8.68. The number of aliphatic hydroxyl groups is 1. The zero-order chi connectivity index (χ0) is 24.7. The molecule has 0 aliphatic heterocycles. The smallest absolute Gasteiger partial charge is 0.254 e. The SMILES string of the molecule is Cc1ccc2nc(C(CO)n3cc(C(=O)NCc4c(C)cc5c(N)nccc5c4C)cn3)cn2c1. The second-order valence-electron chi connectivity index (χ2n) is 8.82. The minimum Gasteiger partial charge on any atom is -0.394 e. The van der Waals surface area contributed by atoms with Crippen molar-refractivity contribution in [1.29, 1.82) is 0 Å². The first-order chi connectivity index (χ1) is 16.9. The summed E-state index contributed by atoms with van der Waals surface area (Å²) in [6.45, 7) is 6.21. The molecule has 0 spiro atoms. The third-order valence-electron chi connectivity index (χ3n) is 6.46. The first-order valence-electron chi connectivity index (χ1n) is 11.4. The van der Waals surface area contributed by atoms with Gasteiger partial charge in [-0.05, 0) is 66.6 Å². The molecule has 1 unspecified atom stereocenters. The molecule has 4 aromatic heterocycles. The summed E-state index contributed by atoms with van der Waals surface area (Å²) in [6, 6.07) is 7.36. The first-order valence-corrected chi connectivity index (χ1v) is 11.4. The number of amides is 1. The number of aryl methyl sites for hydroxylation is 3. The molecule has 0 aliphatic rings. The van der Waals surface area contributed by atoms with Crippen LogP contribution in [0.2, 0.25) is 0 Å². The highest BCUT2D eigenvalue weighted by atomic mass is 16.3. The summed E-state index contributed by atoms with van der Waals surface area (Å²) in [4.78, 5) is 21.7. The molecule has 35 heavy (non-hydrogen) atoms. The summed E-state index contributed by atoms with van der Waals surface area (Å²) >= 11 is 0. The molecule has 5 rings (SSSR count). The van der Waals surface area contributed by atoms with E-state index in [9.17, 15) is 9.90 Å². The van der Waals surface area contributed by atoms with Crippen LogP contribution in [-0.4, -0.2) is 41.8 Å². The predicted octanol–water partition coefficient (Wildman–Crippen LogP) is 3.10. The third kappa shape index (κ3) is 4.10. The fraction of sp³-hybridized carbons (Fsp3) is 0.231. The second kappa shape index (κ2) is 8.84. The number of hydrogen-bond donors (Lipinski definition) is 3. The Morgan fingerprint density at radius 2 is 1.97 bits per heavy atom. The molecule has 9 nitrogen and oxygen atoms in total. The van der Waals surface area contributed by atoms with Gasteiger partial charge in [0.05, 0.1) is 24.1 Å². The van der Waals surface area contributed by atoms with E-state index < -0.39 is 6.04 Å². The van der Waals surface area contributed by atoms with Crippen LogP contribution in [0.5, 0.6) is 0 Å². The number of hydrogen-bond acceptors (Lipinski definition) is 6. The lowest BCUT2D eigenvalue weighted by Gasteiger charge is -2.15. The summed E-state index contributed by atoms with van der Waals surface area (Å²) in [5.41, 5.74) is 12.1. The summed E-state index contributed by atoms with van der Waals surface area (Å²) < 4.78 is 3.49. The number of carbonyl (C=O) groups is 1. The number of aliphatic hydroxyl groups excluding tert-OH is 1. The van der Waals surface area contributed by atoms with Crippen molar-refractivity contribution in [2.45, 2.75) is 33.4 Å². The molecule has 1 atom stereocenters. The van der Waals surface area contributed by atoms with E-state index in [1.165, 1.54) is 6.20 Å². The molecule has 4 heterocycles. The van der Waals surface area contributed by atoms with E-state index in [2.05, 4.69) is 20.4 Å². The number of pyridine rings is 2. The zero-order valence-electron chi connectivity index (χ0n) is 19.9. The number of nitrogen functional groups attached to an aromatic ring is 1. The van der Waals surface area contributed by atoms with Crippen LogP contribution >= 0.6 is 0 Å². The lowest BCUT2D eigenvalue weighted by molar-refractivity contribution is 0.0950. The van der Waals surface area contributed by atoms with Crippen LogP contribution in [0.15, 0.2) is 55.2 Å². The molecule has 0 bridgehead atoms. The summed E-state index contributed by atoms with van der Waals surface area (Å²) in [5, 5.41) is 19.3. The molecule has 9 heteroatoms. The normalized spacial score (nSPS) is 12.3. The van der Waals surface area contributed by atoms with E-state index in [0.29, 0.717) is 23.6 Å². The second-order valence-corrected chi connectivity index (χ2v) is 8.82. The molecule has 5 aromatic rings. The van der Waals surface area contributed by atoms with E-state index in [4.69, 9.17) is 5.73 Å². The van der Waals surface area contributed by atoms with Gasteiger partial charge in [0.2, 0.25) is 0 Å². The Hall–Kier alpha value is -4.24. The molecule has 1 amide bonds. The number of anilines is 1. The Bertz CT molecular complexity index is 1570. The van der Waals surface area contributed by atoms with Gasteiger partial charge in [-0.2, -0.15) is 5.10 Å². The Balaban J connectivity index is 1.35. The minimum atomic E-state index is -0.499. The molecule has 4 N–H and O–H groups in total. The molecule has 178 valence electrons. The number of nitrogens with zero attached hydrogens (tertiary/aromatic N) is 5. The lowest BCUT2D eigenvalue weighted by atomic mass is 9.96. The zero-order valence-corrected chi connectivity index (χ0v) is 19.9. The highest BCUT2D eigenvalue weighted by molar-refractivity contribution is 5.95. The van der Waals surface area contributed by atoms with Crippen molar-refractivity contribution in [2.75, 3.05) is 12.3 Å². The van der Waals surface area contributed by atoms with Crippen LogP contribution in [0.3, 0.4) is 0 Å². The van der Waals surface area contributed by atoms with Crippen molar-refractivity contribution in [1.82, 2.24) is 29.5 Å². The van der Waals surface area contributed by atoms with Gasteiger partial charge in [0.25, 0.3) is 5.91 Å². The van der Waals surface area contributed by atoms with Crippen molar-refractivity contribution in [2.24, 2.45) is 0 Å². The van der Waals surface area contributed by atoms with Crippen LogP contribution < -0.4 is 11.1 Å². The Kier molecular flexibility index (Phi) is 5.70. The quantitative estimate of drug-likeness (QED) is 0.351. The van der Waals surface area contributed by atoms with Crippen molar-refractivity contribution < 1.29 is 9.90 Å². The van der Waals surface area contributed by atoms with Gasteiger partial charge in [0.1, 0.15) is 17.5 Å². The van der Waals surface area contributed by atoms with Crippen LogP contribution in [0, 0.1) is 20.8 Å². The third-order valence-corrected chi connectivity index (χ3v) is 6.46. The van der Waals surface area contributed by atoms with Gasteiger partial charge in [-0.1, -0.05) is 6.07 Å². The number of nitrogens with two attached hydrogens (primary N) is 1. The Labute approximate surface area is 202 Å². The van der Waals surface area contributed by atoms with Gasteiger partial charge in [-0.15, -0.1) is 0 Å². The average molecular weight is 470 g/mol. The number of aromatic nitrogens is 5. The molecule has 0 saturated heterocycles. The van der Waals surface area contributed by atoms with Crippen molar-refractivity contribution >= 4 is 28.1 Å². The average Bonchev–Trinajstić information content (AvgIpc) is 3.47. The molecular weight excluding hydrogens is 442 g/mol. The molecule has 0 saturated carbocycles. The van der Waals surface area contributed by atoms with E-state index >= 15 is 0 Å². The maximum Gasteiger partial charge on any atom is 0.254 e. The van der Waals surface area contributed by atoms with Crippen LogP contribution in [-0.2, 0) is 6.54 Å². The number of nitrogens with one attached hydrogen (secondary N) is 1. The van der Waals surface area contributed by atoms with Gasteiger partial charge < -0.3 is 20.6 Å². The number of benzene rings is 1. The van der Waals surface area contributed by atoms with Gasteiger partial charge in [0.15, 0.2) is 0 Å². The fourth-order valence-electron chi connectivity index (χ4n) is 4.49. The maximum absolute atomic E-state index is 12.9. The Morgan fingerprint density at radius 3 is 2.77 bits per heavy atom. The van der Waals surface area contributed by atoms with Crippen molar-refractivity contribution in [3.05, 3.63) is 88.8 Å². The molecule has 0 fully saturated rings. The van der Waals surface area contributed by atoms with Crippen LogP contribution in [0.1, 0.15) is 44.3 Å². The number of fused-ring (bicyclic) bond motifs is 2. The van der Waals surface area contributed by atoms with Gasteiger partial charge >= 0.3 is 0 Å². The molecule has 1 aromatic carbocycles. The maximum atomic E-state index is 12.9. The minimum absolute atomic E-state index is 0.195. The predicted molar refractivity (Wildman–Crippen MR) is 134 cm³/mol. The number of rotatable bonds is 6. The number of carbonyl (C=O) groups excluding carboxylic acids is 1. The largest absolute Gasteiger partial charge is 0.394 e. The lowest BCUT2D eigenvalue weighted by Crippen LogP contribution is -2.23. The highest BCUT2D eigenvalue weighted by Gasteiger charge is 2.20. The van der Waals surface area contributed by atoms with E-state index in [1.54, 1.807) is 17.1 Å². The van der Waals surface area contributed by atoms with Crippen molar-refractivity contribution in [3.63, 3.8) is 0 Å². The van der Waals surface area contributed by atoms with Gasteiger partial charge in [-0.25, -0.2) is 9.97 Å². The molecule has 0 aliphatic carbocycles. The summed E-state index contributed by atoms with van der Waals surface area (Å²) in [5.74, 6) is 0.252.